The molecule has 1 saturated heterocycles. The van der Waals surface area contributed by atoms with Gasteiger partial charge in [-0.05, 0) is 24.1 Å². The van der Waals surface area contributed by atoms with Gasteiger partial charge in [-0.15, -0.1) is 0 Å². The van der Waals surface area contributed by atoms with Gasteiger partial charge in [0.1, 0.15) is 13.2 Å². The van der Waals surface area contributed by atoms with E-state index in [1.165, 1.54) is 0 Å². The predicted octanol–water partition coefficient (Wildman–Crippen LogP) is 2.35. The molecule has 3 rings (SSSR count). The Morgan fingerprint density at radius 1 is 1.27 bits per heavy atom. The minimum absolute atomic E-state index is 0.257. The van der Waals surface area contributed by atoms with E-state index < -0.39 is 0 Å². The Hall–Kier alpha value is -1.01. The Kier molecular flexibility index (Phi) is 5.08. The Labute approximate surface area is 136 Å². The fourth-order valence-electron chi connectivity index (χ4n) is 3.16. The number of likely N-dealkylation sites (tertiary alicyclic amines) is 1. The van der Waals surface area contributed by atoms with Crippen LogP contribution in [0.2, 0.25) is 5.02 Å². The number of benzene rings is 1. The zero-order chi connectivity index (χ0) is 15.5. The molecule has 0 aromatic heterocycles. The van der Waals surface area contributed by atoms with Crippen LogP contribution in [-0.4, -0.2) is 57.6 Å². The van der Waals surface area contributed by atoms with Crippen molar-refractivity contribution >= 4 is 11.6 Å². The SMILES string of the molecule is COC[C@@H]1C[C@H](OC)CN1Cc1cc(Cl)c2c(c1)OCCO2. The molecule has 2 aliphatic heterocycles. The van der Waals surface area contributed by atoms with Gasteiger partial charge >= 0.3 is 0 Å². The maximum atomic E-state index is 6.31. The van der Waals surface area contributed by atoms with E-state index >= 15 is 0 Å². The number of rotatable bonds is 5. The molecule has 0 aliphatic carbocycles. The van der Waals surface area contributed by atoms with Gasteiger partial charge in [-0.1, -0.05) is 11.6 Å². The number of hydrogen-bond acceptors (Lipinski definition) is 5. The summed E-state index contributed by atoms with van der Waals surface area (Å²) in [6.45, 7) is 3.51. The van der Waals surface area contributed by atoms with E-state index in [2.05, 4.69) is 4.90 Å². The molecular formula is C16H22ClNO4. The summed E-state index contributed by atoms with van der Waals surface area (Å²) in [5.41, 5.74) is 1.12. The van der Waals surface area contributed by atoms with Gasteiger partial charge in [0.25, 0.3) is 0 Å². The summed E-state index contributed by atoms with van der Waals surface area (Å²) in [4.78, 5) is 2.37. The van der Waals surface area contributed by atoms with Crippen molar-refractivity contribution in [2.75, 3.05) is 40.6 Å². The molecule has 2 atom stereocenters. The summed E-state index contributed by atoms with van der Waals surface area (Å²) in [5.74, 6) is 1.39. The molecule has 6 heteroatoms. The zero-order valence-corrected chi connectivity index (χ0v) is 13.8. The van der Waals surface area contributed by atoms with Crippen LogP contribution in [0.4, 0.5) is 0 Å². The first-order valence-corrected chi connectivity index (χ1v) is 7.93. The monoisotopic (exact) mass is 327 g/mol. The fourth-order valence-corrected chi connectivity index (χ4v) is 3.45. The lowest BCUT2D eigenvalue weighted by molar-refractivity contribution is 0.106. The van der Waals surface area contributed by atoms with Crippen LogP contribution < -0.4 is 9.47 Å². The van der Waals surface area contributed by atoms with E-state index in [0.29, 0.717) is 36.6 Å². The second kappa shape index (κ2) is 7.04. The van der Waals surface area contributed by atoms with Crippen molar-refractivity contribution in [2.24, 2.45) is 0 Å². The molecule has 0 amide bonds. The van der Waals surface area contributed by atoms with Crippen LogP contribution in [0.5, 0.6) is 11.5 Å². The molecule has 1 aromatic rings. The number of nitrogens with zero attached hydrogens (tertiary/aromatic N) is 1. The summed E-state index contributed by atoms with van der Waals surface area (Å²) < 4.78 is 22.0. The fraction of sp³-hybridized carbons (Fsp3) is 0.625. The minimum atomic E-state index is 0.257. The molecule has 122 valence electrons. The molecular weight excluding hydrogens is 306 g/mol. The Morgan fingerprint density at radius 3 is 2.86 bits per heavy atom. The van der Waals surface area contributed by atoms with E-state index in [9.17, 15) is 0 Å². The summed E-state index contributed by atoms with van der Waals surface area (Å²) in [5, 5.41) is 0.609. The maximum absolute atomic E-state index is 6.31. The lowest BCUT2D eigenvalue weighted by Crippen LogP contribution is -2.32. The normalized spacial score (nSPS) is 24.7. The molecule has 0 unspecified atom stereocenters. The van der Waals surface area contributed by atoms with Crippen molar-refractivity contribution in [3.63, 3.8) is 0 Å². The number of fused-ring (bicyclic) bond motifs is 1. The smallest absolute Gasteiger partial charge is 0.179 e. The average molecular weight is 328 g/mol. The molecule has 0 spiro atoms. The quantitative estimate of drug-likeness (QED) is 0.830. The highest BCUT2D eigenvalue weighted by Crippen LogP contribution is 2.39. The number of hydrogen-bond donors (Lipinski definition) is 0. The number of ether oxygens (including phenoxy) is 4. The van der Waals surface area contributed by atoms with Crippen molar-refractivity contribution in [1.82, 2.24) is 4.90 Å². The summed E-state index contributed by atoms with van der Waals surface area (Å²) in [6.07, 6.45) is 1.25. The summed E-state index contributed by atoms with van der Waals surface area (Å²) >= 11 is 6.31. The number of methoxy groups -OCH3 is 2. The molecule has 2 heterocycles. The van der Waals surface area contributed by atoms with E-state index in [4.69, 9.17) is 30.5 Å². The standard InChI is InChI=1S/C16H22ClNO4/c1-19-10-12-7-13(20-2)9-18(12)8-11-5-14(17)16-15(6-11)21-3-4-22-16/h5-6,12-13H,3-4,7-10H2,1-2H3/t12-,13-/m0/s1. The lowest BCUT2D eigenvalue weighted by atomic mass is 10.1. The molecule has 0 N–H and O–H groups in total. The molecule has 1 fully saturated rings. The van der Waals surface area contributed by atoms with Crippen molar-refractivity contribution in [2.45, 2.75) is 25.1 Å². The van der Waals surface area contributed by atoms with E-state index in [1.807, 2.05) is 12.1 Å². The van der Waals surface area contributed by atoms with Gasteiger partial charge in [-0.3, -0.25) is 4.90 Å². The molecule has 0 saturated carbocycles. The topological polar surface area (TPSA) is 40.2 Å². The zero-order valence-electron chi connectivity index (χ0n) is 13.0. The van der Waals surface area contributed by atoms with E-state index in [-0.39, 0.29) is 6.10 Å². The van der Waals surface area contributed by atoms with Crippen LogP contribution in [0, 0.1) is 0 Å². The van der Waals surface area contributed by atoms with Crippen molar-refractivity contribution in [1.29, 1.82) is 0 Å². The maximum Gasteiger partial charge on any atom is 0.179 e. The molecule has 0 bridgehead atoms. The molecule has 1 aromatic carbocycles. The van der Waals surface area contributed by atoms with Crippen LogP contribution in [0.3, 0.4) is 0 Å². The largest absolute Gasteiger partial charge is 0.486 e. The van der Waals surface area contributed by atoms with E-state index in [1.54, 1.807) is 14.2 Å². The predicted molar refractivity (Wildman–Crippen MR) is 83.9 cm³/mol. The lowest BCUT2D eigenvalue weighted by Gasteiger charge is -2.25. The van der Waals surface area contributed by atoms with Gasteiger partial charge in [0.05, 0.1) is 17.7 Å². The van der Waals surface area contributed by atoms with Crippen LogP contribution in [0.15, 0.2) is 12.1 Å². The van der Waals surface area contributed by atoms with Crippen molar-refractivity contribution < 1.29 is 18.9 Å². The first-order valence-electron chi connectivity index (χ1n) is 7.55. The highest BCUT2D eigenvalue weighted by molar-refractivity contribution is 6.32. The summed E-state index contributed by atoms with van der Waals surface area (Å²) in [7, 11) is 3.50. The van der Waals surface area contributed by atoms with Crippen LogP contribution in [0.1, 0.15) is 12.0 Å². The van der Waals surface area contributed by atoms with Gasteiger partial charge in [-0.25, -0.2) is 0 Å². The molecule has 5 nitrogen and oxygen atoms in total. The van der Waals surface area contributed by atoms with Crippen LogP contribution in [0.25, 0.3) is 0 Å². The molecule has 0 radical (unpaired) electrons. The Morgan fingerprint density at radius 2 is 2.09 bits per heavy atom. The molecule has 22 heavy (non-hydrogen) atoms. The third kappa shape index (κ3) is 3.33. The third-order valence-electron chi connectivity index (χ3n) is 4.22. The highest BCUT2D eigenvalue weighted by Gasteiger charge is 2.32. The first-order chi connectivity index (χ1) is 10.7. The van der Waals surface area contributed by atoms with E-state index in [0.717, 1.165) is 30.8 Å². The average Bonchev–Trinajstić information content (AvgIpc) is 2.90. The van der Waals surface area contributed by atoms with Crippen LogP contribution in [-0.2, 0) is 16.0 Å². The van der Waals surface area contributed by atoms with Crippen molar-refractivity contribution in [3.05, 3.63) is 22.7 Å². The Bertz CT molecular complexity index is 525. The second-order valence-corrected chi connectivity index (χ2v) is 6.14. The number of halogens is 1. The van der Waals surface area contributed by atoms with Gasteiger partial charge in [0.2, 0.25) is 0 Å². The van der Waals surface area contributed by atoms with Gasteiger partial charge in [0.15, 0.2) is 11.5 Å². The minimum Gasteiger partial charge on any atom is -0.486 e. The highest BCUT2D eigenvalue weighted by atomic mass is 35.5. The second-order valence-electron chi connectivity index (χ2n) is 5.73. The first kappa shape index (κ1) is 15.9. The molecule has 2 aliphatic rings. The van der Waals surface area contributed by atoms with Gasteiger partial charge in [0, 0.05) is 33.4 Å². The summed E-state index contributed by atoms with van der Waals surface area (Å²) in [6, 6.07) is 4.34. The van der Waals surface area contributed by atoms with Gasteiger partial charge < -0.3 is 18.9 Å². The Balaban J connectivity index is 1.75. The van der Waals surface area contributed by atoms with Crippen molar-refractivity contribution in [3.8, 4) is 11.5 Å². The van der Waals surface area contributed by atoms with Gasteiger partial charge in [-0.2, -0.15) is 0 Å². The third-order valence-corrected chi connectivity index (χ3v) is 4.50. The van der Waals surface area contributed by atoms with Crippen LogP contribution >= 0.6 is 11.6 Å².